The highest BCUT2D eigenvalue weighted by molar-refractivity contribution is 6.39. The average Bonchev–Trinajstić information content (AvgIpc) is 3.34. The fraction of sp³-hybridized carbons (Fsp3) is 0.741. The van der Waals surface area contributed by atoms with Crippen molar-refractivity contribution in [3.8, 4) is 0 Å². The summed E-state index contributed by atoms with van der Waals surface area (Å²) >= 11 is 0. The molecule has 1 saturated carbocycles. The Morgan fingerprint density at radius 2 is 1.63 bits per heavy atom. The first-order valence-electron chi connectivity index (χ1n) is 25.9. The van der Waals surface area contributed by atoms with Gasteiger partial charge in [-0.2, -0.15) is 5.06 Å². The Morgan fingerprint density at radius 3 is 2.31 bits per heavy atom. The van der Waals surface area contributed by atoms with E-state index in [1.54, 1.807) is 72.1 Å². The summed E-state index contributed by atoms with van der Waals surface area (Å²) in [6, 6.07) is -2.26. The molecule has 3 aliphatic heterocycles. The van der Waals surface area contributed by atoms with Gasteiger partial charge < -0.3 is 43.9 Å². The Hall–Kier alpha value is -4.10. The molecule has 1 aliphatic carbocycles. The van der Waals surface area contributed by atoms with Crippen LogP contribution in [0.5, 0.6) is 0 Å². The van der Waals surface area contributed by atoms with Crippen LogP contribution < -0.4 is 0 Å². The Balaban J connectivity index is 1.75. The minimum Gasteiger partial charge on any atom is -0.460 e. The topological polar surface area (TPSA) is 236 Å². The average molecular weight is 1000 g/mol. The fourth-order valence-electron chi connectivity index (χ4n) is 10.5. The number of hydrogen-bond donors (Lipinski definition) is 4. The van der Waals surface area contributed by atoms with Gasteiger partial charge in [-0.3, -0.25) is 24.4 Å². The van der Waals surface area contributed by atoms with E-state index in [2.05, 4.69) is 0 Å². The lowest BCUT2D eigenvalue weighted by Crippen LogP contribution is -2.61. The lowest BCUT2D eigenvalue weighted by Gasteiger charge is -2.43. The van der Waals surface area contributed by atoms with Crippen LogP contribution >= 0.6 is 0 Å². The van der Waals surface area contributed by atoms with Gasteiger partial charge in [0.15, 0.2) is 5.78 Å². The summed E-state index contributed by atoms with van der Waals surface area (Å²) in [6.45, 7) is 14.1. The van der Waals surface area contributed by atoms with Crippen LogP contribution in [0, 0.1) is 35.5 Å². The molecule has 0 spiro atoms. The zero-order chi connectivity index (χ0) is 52.7. The molecule has 4 rings (SSSR count). The molecule has 0 aromatic heterocycles. The molecule has 2 saturated heterocycles. The van der Waals surface area contributed by atoms with Gasteiger partial charge in [0, 0.05) is 51.4 Å². The third-order valence-electron chi connectivity index (χ3n) is 15.1. The van der Waals surface area contributed by atoms with Crippen LogP contribution in [0.4, 0.5) is 4.79 Å². The molecule has 2 bridgehead atoms. The predicted molar refractivity (Wildman–Crippen MR) is 263 cm³/mol. The summed E-state index contributed by atoms with van der Waals surface area (Å²) in [4.78, 5) is 85.3. The first-order valence-corrected chi connectivity index (χ1v) is 25.9. The maximum absolute atomic E-state index is 14.5. The number of nitrogens with zero attached hydrogens (tertiary/aromatic N) is 2. The number of Topliss-reactive ketones (excluding diaryl/α,β-unsaturated/α-hetero) is 3. The van der Waals surface area contributed by atoms with Crippen molar-refractivity contribution in [1.29, 1.82) is 0 Å². The van der Waals surface area contributed by atoms with Gasteiger partial charge in [0.05, 0.1) is 31.0 Å². The summed E-state index contributed by atoms with van der Waals surface area (Å²) in [7, 11) is 2.90. The van der Waals surface area contributed by atoms with Gasteiger partial charge in [0.25, 0.3) is 11.7 Å². The van der Waals surface area contributed by atoms with Crippen LogP contribution in [0.3, 0.4) is 0 Å². The monoisotopic (exact) mass is 1000 g/mol. The number of amides is 2. The number of rotatable bonds is 8. The third-order valence-corrected chi connectivity index (χ3v) is 15.1. The van der Waals surface area contributed by atoms with Crippen LogP contribution in [0.25, 0.3) is 0 Å². The Kier molecular flexibility index (Phi) is 23.3. The number of aliphatic hydroxyl groups excluding tert-OH is 2. The second-order valence-electron chi connectivity index (χ2n) is 20.8. The molecule has 2 amide bonds. The van der Waals surface area contributed by atoms with Crippen LogP contribution in [-0.4, -0.2) is 148 Å². The molecule has 400 valence electrons. The molecule has 0 unspecified atom stereocenters. The van der Waals surface area contributed by atoms with Crippen molar-refractivity contribution in [1.82, 2.24) is 9.96 Å². The van der Waals surface area contributed by atoms with Gasteiger partial charge in [-0.1, -0.05) is 78.0 Å². The van der Waals surface area contributed by atoms with Crippen molar-refractivity contribution in [3.63, 3.8) is 0 Å². The number of hydrogen-bond acceptors (Lipinski definition) is 15. The summed E-state index contributed by atoms with van der Waals surface area (Å²) in [6.07, 6.45) is 8.70. The van der Waals surface area contributed by atoms with E-state index < -0.39 is 89.9 Å². The molecule has 17 nitrogen and oxygen atoms in total. The van der Waals surface area contributed by atoms with Crippen LogP contribution in [0.15, 0.2) is 47.6 Å². The summed E-state index contributed by atoms with van der Waals surface area (Å²) < 4.78 is 28.8. The number of carbonyl (C=O) groups is 6. The number of carbonyl (C=O) groups excluding carboxylic acids is 6. The second-order valence-corrected chi connectivity index (χ2v) is 20.8. The van der Waals surface area contributed by atoms with E-state index >= 15 is 0 Å². The van der Waals surface area contributed by atoms with E-state index in [0.29, 0.717) is 74.0 Å². The number of hydroxylamine groups is 2. The largest absolute Gasteiger partial charge is 0.460 e. The fourth-order valence-corrected chi connectivity index (χ4v) is 10.5. The zero-order valence-electron chi connectivity index (χ0n) is 43.8. The Labute approximate surface area is 420 Å². The highest BCUT2D eigenvalue weighted by Gasteiger charge is 2.53. The van der Waals surface area contributed by atoms with Crippen molar-refractivity contribution in [2.24, 2.45) is 35.5 Å². The summed E-state index contributed by atoms with van der Waals surface area (Å²) in [5, 5.41) is 45.8. The van der Waals surface area contributed by atoms with E-state index in [9.17, 15) is 49.3 Å². The highest BCUT2D eigenvalue weighted by atomic mass is 16.6. The van der Waals surface area contributed by atoms with E-state index in [1.807, 2.05) is 26.8 Å². The van der Waals surface area contributed by atoms with E-state index in [4.69, 9.17) is 23.7 Å². The maximum atomic E-state index is 14.5. The number of cyclic esters (lactones) is 1. The number of fused-ring (bicyclic) bond motifs is 3. The lowest BCUT2D eigenvalue weighted by atomic mass is 9.78. The SMILES string of the molecule is CCCOC(=O)N(O)[C@H]1C[C@@H]2CC[C@@H](C)[C@@](O)(O2)C(=O)C(=O)N2CCCC[C@H]2C(=O)O[C@H]([C@H](C)C[C@@H]2CC[C@@H](O)[C@H](OC)C2)CC(=O)[C@H](C)/C=C(\C)[C@@H](O)[C@@H](OC)C(=O)[C@H](C)C[C@H](C)/C=C/C=C/C=C/1C. The first-order chi connectivity index (χ1) is 33.6. The third kappa shape index (κ3) is 15.9. The van der Waals surface area contributed by atoms with Crippen molar-refractivity contribution in [2.75, 3.05) is 27.4 Å². The lowest BCUT2D eigenvalue weighted by molar-refractivity contribution is -0.266. The smallest absolute Gasteiger partial charge is 0.434 e. The molecule has 4 N–H and O–H groups in total. The number of ketones is 3. The van der Waals surface area contributed by atoms with E-state index in [1.165, 1.54) is 7.11 Å². The van der Waals surface area contributed by atoms with Gasteiger partial charge in [-0.15, -0.1) is 0 Å². The van der Waals surface area contributed by atoms with Crippen molar-refractivity contribution < 1.29 is 73.0 Å². The number of ether oxygens (including phenoxy) is 5. The van der Waals surface area contributed by atoms with Crippen molar-refractivity contribution in [2.45, 2.75) is 193 Å². The van der Waals surface area contributed by atoms with E-state index in [0.717, 1.165) is 4.90 Å². The van der Waals surface area contributed by atoms with Crippen LogP contribution in [-0.2, 0) is 47.7 Å². The molecule has 3 fully saturated rings. The minimum atomic E-state index is -2.61. The summed E-state index contributed by atoms with van der Waals surface area (Å²) in [5.41, 5.74) is 0.866. The van der Waals surface area contributed by atoms with Crippen molar-refractivity contribution in [3.05, 3.63) is 47.6 Å². The number of esters is 1. The van der Waals surface area contributed by atoms with Crippen LogP contribution in [0.1, 0.15) is 139 Å². The molecule has 4 aliphatic rings. The molecule has 71 heavy (non-hydrogen) atoms. The van der Waals surface area contributed by atoms with Gasteiger partial charge >= 0.3 is 12.1 Å². The van der Waals surface area contributed by atoms with Gasteiger partial charge in [-0.05, 0) is 113 Å². The molecule has 17 heteroatoms. The standard InChI is InChI=1S/C54H84N2O15/c1-11-25-69-53(64)56(66)42-30-40-22-20-38(8)54(65,71-40)50(61)51(62)55-24-16-15-19-41(55)52(63)70-45(35(5)28-39-21-23-43(57)46(29-39)67-9)31-44(58)34(4)27-37(7)48(60)49(68-10)47(59)36(6)26-32(2)17-13-12-14-18-33(42)3/h12-14,17-18,27,32,34-36,38-43,45-46,48-49,57,60,65-66H,11,15-16,19-26,28-31H2,1-10H3/b14-12+,17-13+,33-18+,37-27+/t32-,34-,35-,36-,38-,39+,40+,41+,42+,43-,45+,46-,48-,49+,54-/m1/s1. The molecule has 0 aromatic carbocycles. The number of piperidine rings is 1. The minimum absolute atomic E-state index is 0.0143. The molecule has 0 radical (unpaired) electrons. The Morgan fingerprint density at radius 1 is 0.915 bits per heavy atom. The molecular formula is C54H84N2O15. The normalized spacial score (nSPS) is 37.9. The van der Waals surface area contributed by atoms with E-state index in [-0.39, 0.29) is 74.3 Å². The first kappa shape index (κ1) is 59.5. The van der Waals surface area contributed by atoms with Crippen molar-refractivity contribution >= 4 is 35.3 Å². The number of aliphatic hydroxyl groups is 3. The van der Waals surface area contributed by atoms with Gasteiger partial charge in [0.2, 0.25) is 5.79 Å². The molecule has 3 heterocycles. The maximum Gasteiger partial charge on any atom is 0.434 e. The quantitative estimate of drug-likeness (QED) is 0.0646. The Bertz CT molecular complexity index is 1950. The molecule has 0 aromatic rings. The number of methoxy groups -OCH3 is 2. The molecular weight excluding hydrogens is 917 g/mol. The van der Waals surface area contributed by atoms with Gasteiger partial charge in [-0.25, -0.2) is 9.59 Å². The zero-order valence-corrected chi connectivity index (χ0v) is 43.8. The van der Waals surface area contributed by atoms with Crippen LogP contribution in [0.2, 0.25) is 0 Å². The predicted octanol–water partition coefficient (Wildman–Crippen LogP) is 6.77. The summed E-state index contributed by atoms with van der Waals surface area (Å²) in [5.74, 6) is -8.92. The van der Waals surface area contributed by atoms with Gasteiger partial charge in [0.1, 0.15) is 30.1 Å². The number of allylic oxidation sites excluding steroid dienone is 6. The molecule has 15 atom stereocenters. The second kappa shape index (κ2) is 27.8. The highest BCUT2D eigenvalue weighted by Crippen LogP contribution is 2.38.